The topological polar surface area (TPSA) is 109 Å². The molecule has 4 rings (SSSR count). The summed E-state index contributed by atoms with van der Waals surface area (Å²) in [4.78, 5) is 23.7. The van der Waals surface area contributed by atoms with Crippen LogP contribution in [0.15, 0.2) is 46.2 Å². The summed E-state index contributed by atoms with van der Waals surface area (Å²) in [5.74, 6) is 0.379. The number of sulfone groups is 1. The van der Waals surface area contributed by atoms with Crippen LogP contribution < -0.4 is 16.2 Å². The van der Waals surface area contributed by atoms with Gasteiger partial charge in [0.25, 0.3) is 5.56 Å². The molecule has 0 saturated carbocycles. The van der Waals surface area contributed by atoms with Crippen molar-refractivity contribution < 1.29 is 8.42 Å². The molecule has 9 nitrogen and oxygen atoms in total. The number of rotatable bonds is 5. The number of hydrogen-bond acceptors (Lipinski definition) is 8. The van der Waals surface area contributed by atoms with Crippen LogP contribution in [-0.4, -0.2) is 47.7 Å². The summed E-state index contributed by atoms with van der Waals surface area (Å²) in [7, 11) is 0.335. The third kappa shape index (κ3) is 4.47. The summed E-state index contributed by atoms with van der Waals surface area (Å²) in [5.41, 5.74) is 2.61. The van der Waals surface area contributed by atoms with Crippen LogP contribution in [0, 0.1) is 0 Å². The molecule has 0 radical (unpaired) electrons. The van der Waals surface area contributed by atoms with Crippen molar-refractivity contribution in [2.75, 3.05) is 30.5 Å². The largest absolute Gasteiger partial charge is 0.338 e. The van der Waals surface area contributed by atoms with Gasteiger partial charge in [-0.05, 0) is 30.8 Å². The van der Waals surface area contributed by atoms with Gasteiger partial charge in [-0.1, -0.05) is 23.7 Å². The molecule has 0 bridgehead atoms. The molecule has 0 atom stereocenters. The van der Waals surface area contributed by atoms with Gasteiger partial charge >= 0.3 is 0 Å². The Balaban J connectivity index is 1.68. The summed E-state index contributed by atoms with van der Waals surface area (Å²) in [6.45, 7) is 1.64. The second-order valence-electron chi connectivity index (χ2n) is 7.79. The molecule has 11 heteroatoms. The van der Waals surface area contributed by atoms with Crippen LogP contribution in [0.25, 0.3) is 0 Å². The molecule has 2 aromatic heterocycles. The Morgan fingerprint density at radius 1 is 1.12 bits per heavy atom. The molecule has 1 aliphatic heterocycles. The van der Waals surface area contributed by atoms with Crippen molar-refractivity contribution in [1.82, 2.24) is 19.4 Å². The Labute approximate surface area is 191 Å². The van der Waals surface area contributed by atoms with Crippen LogP contribution in [-0.2, 0) is 29.9 Å². The van der Waals surface area contributed by atoms with Crippen LogP contribution in [0.4, 0.5) is 23.1 Å². The van der Waals surface area contributed by atoms with Crippen LogP contribution in [0.1, 0.15) is 11.3 Å². The van der Waals surface area contributed by atoms with Crippen LogP contribution in [0.2, 0.25) is 5.02 Å². The normalized spacial score (nSPS) is 14.1. The van der Waals surface area contributed by atoms with E-state index in [0.717, 1.165) is 37.0 Å². The first-order chi connectivity index (χ1) is 15.1. The molecule has 1 aromatic carbocycles. The fourth-order valence-electron chi connectivity index (χ4n) is 3.72. The summed E-state index contributed by atoms with van der Waals surface area (Å²) in [5, 5.41) is 6.16. The average Bonchev–Trinajstić information content (AvgIpc) is 2.73. The number of benzene rings is 1. The van der Waals surface area contributed by atoms with Crippen LogP contribution in [0.5, 0.6) is 0 Å². The fourth-order valence-corrected chi connectivity index (χ4v) is 4.70. The van der Waals surface area contributed by atoms with E-state index in [1.807, 2.05) is 13.1 Å². The molecule has 3 heterocycles. The standard InChI is InChI=1S/C21H23ClN6O3S/c1-27-9-8-17-13(12-27)10-16(20(29)28(17)2)25-21-23-11-14(22)19(26-21)24-15-6-4-5-7-18(15)32(3,30)31/h4-7,10-11H,8-9,12H2,1-3H3,(H2,23,24,25,26). The number of nitrogens with zero attached hydrogens (tertiary/aromatic N) is 4. The van der Waals surface area contributed by atoms with Crippen LogP contribution >= 0.6 is 11.6 Å². The first-order valence-electron chi connectivity index (χ1n) is 9.89. The first-order valence-corrected chi connectivity index (χ1v) is 12.2. The minimum atomic E-state index is -3.46. The Kier molecular flexibility index (Phi) is 5.93. The molecule has 0 spiro atoms. The van der Waals surface area contributed by atoms with E-state index in [2.05, 4.69) is 25.5 Å². The van der Waals surface area contributed by atoms with Crippen molar-refractivity contribution in [3.63, 3.8) is 0 Å². The molecule has 0 unspecified atom stereocenters. The van der Waals surface area contributed by atoms with Crippen LogP contribution in [0.3, 0.4) is 0 Å². The summed E-state index contributed by atoms with van der Waals surface area (Å²) in [6, 6.07) is 8.30. The highest BCUT2D eigenvalue weighted by atomic mass is 35.5. The lowest BCUT2D eigenvalue weighted by atomic mass is 10.1. The monoisotopic (exact) mass is 474 g/mol. The van der Waals surface area contributed by atoms with Crippen molar-refractivity contribution in [3.8, 4) is 0 Å². The first kappa shape index (κ1) is 22.3. The highest BCUT2D eigenvalue weighted by molar-refractivity contribution is 7.90. The zero-order chi connectivity index (χ0) is 23.0. The Hall–Kier alpha value is -2.95. The second kappa shape index (κ2) is 8.53. The van der Waals surface area contributed by atoms with Crippen molar-refractivity contribution >= 4 is 44.6 Å². The van der Waals surface area contributed by atoms with E-state index in [0.29, 0.717) is 11.4 Å². The number of likely N-dealkylation sites (N-methyl/N-ethyl adjacent to an activating group) is 1. The highest BCUT2D eigenvalue weighted by Crippen LogP contribution is 2.29. The lowest BCUT2D eigenvalue weighted by Crippen LogP contribution is -2.33. The molecule has 1 aliphatic rings. The number of para-hydroxylation sites is 1. The number of halogens is 1. The Morgan fingerprint density at radius 3 is 2.62 bits per heavy atom. The van der Waals surface area contributed by atoms with Crippen molar-refractivity contribution in [1.29, 1.82) is 0 Å². The van der Waals surface area contributed by atoms with E-state index >= 15 is 0 Å². The van der Waals surface area contributed by atoms with E-state index in [1.165, 1.54) is 12.3 Å². The van der Waals surface area contributed by atoms with Crippen molar-refractivity contribution in [2.24, 2.45) is 7.05 Å². The Morgan fingerprint density at radius 2 is 1.88 bits per heavy atom. The molecule has 2 N–H and O–H groups in total. The molecule has 32 heavy (non-hydrogen) atoms. The van der Waals surface area contributed by atoms with E-state index in [4.69, 9.17) is 11.6 Å². The second-order valence-corrected chi connectivity index (χ2v) is 10.2. The number of nitrogens with one attached hydrogen (secondary N) is 2. The molecule has 0 saturated heterocycles. The van der Waals surface area contributed by atoms with Gasteiger partial charge in [-0.15, -0.1) is 0 Å². The van der Waals surface area contributed by atoms with Gasteiger partial charge in [-0.2, -0.15) is 4.98 Å². The molecular formula is C21H23ClN6O3S. The number of pyridine rings is 1. The van der Waals surface area contributed by atoms with Crippen molar-refractivity contribution in [3.05, 3.63) is 63.2 Å². The van der Waals surface area contributed by atoms with Gasteiger partial charge in [0, 0.05) is 38.5 Å². The number of anilines is 4. The maximum Gasteiger partial charge on any atom is 0.274 e. The Bertz CT molecular complexity index is 1360. The van der Waals surface area contributed by atoms with Gasteiger partial charge in [0.05, 0.1) is 16.8 Å². The summed E-state index contributed by atoms with van der Waals surface area (Å²) >= 11 is 6.25. The molecular weight excluding hydrogens is 452 g/mol. The minimum absolute atomic E-state index is 0.122. The highest BCUT2D eigenvalue weighted by Gasteiger charge is 2.20. The molecule has 168 valence electrons. The third-order valence-electron chi connectivity index (χ3n) is 5.33. The molecule has 0 fully saturated rings. The van der Waals surface area contributed by atoms with E-state index in [1.54, 1.807) is 29.8 Å². The molecule has 0 amide bonds. The lowest BCUT2D eigenvalue weighted by Gasteiger charge is -2.27. The van der Waals surface area contributed by atoms with E-state index < -0.39 is 9.84 Å². The van der Waals surface area contributed by atoms with Gasteiger partial charge in [-0.3, -0.25) is 4.79 Å². The van der Waals surface area contributed by atoms with Crippen molar-refractivity contribution in [2.45, 2.75) is 17.9 Å². The molecule has 0 aliphatic carbocycles. The van der Waals surface area contributed by atoms with Gasteiger partial charge < -0.3 is 20.1 Å². The number of aromatic nitrogens is 3. The third-order valence-corrected chi connectivity index (χ3v) is 6.76. The minimum Gasteiger partial charge on any atom is -0.338 e. The number of hydrogen-bond donors (Lipinski definition) is 2. The SMILES string of the molecule is CN1CCc2c(cc(Nc3ncc(Cl)c(Nc4ccccc4S(C)(=O)=O)n3)c(=O)n2C)C1. The summed E-state index contributed by atoms with van der Waals surface area (Å²) in [6.07, 6.45) is 3.33. The average molecular weight is 475 g/mol. The molecule has 3 aromatic rings. The zero-order valence-electron chi connectivity index (χ0n) is 17.9. The predicted molar refractivity (Wildman–Crippen MR) is 125 cm³/mol. The lowest BCUT2D eigenvalue weighted by molar-refractivity contribution is 0.306. The fraction of sp³-hybridized carbons (Fsp3) is 0.286. The van der Waals surface area contributed by atoms with E-state index in [-0.39, 0.29) is 27.2 Å². The zero-order valence-corrected chi connectivity index (χ0v) is 19.5. The van der Waals surface area contributed by atoms with Gasteiger partial charge in [0.2, 0.25) is 5.95 Å². The maximum absolute atomic E-state index is 12.8. The van der Waals surface area contributed by atoms with E-state index in [9.17, 15) is 13.2 Å². The van der Waals surface area contributed by atoms with Gasteiger partial charge in [0.15, 0.2) is 15.7 Å². The summed E-state index contributed by atoms with van der Waals surface area (Å²) < 4.78 is 25.8. The number of fused-ring (bicyclic) bond motifs is 1. The smallest absolute Gasteiger partial charge is 0.274 e. The van der Waals surface area contributed by atoms with Gasteiger partial charge in [0.1, 0.15) is 10.7 Å². The predicted octanol–water partition coefficient (Wildman–Crippen LogP) is 2.71. The van der Waals surface area contributed by atoms with Gasteiger partial charge in [-0.25, -0.2) is 13.4 Å². The maximum atomic E-state index is 12.8. The quantitative estimate of drug-likeness (QED) is 0.581.